The Morgan fingerprint density at radius 2 is 2.11 bits per heavy atom. The number of imidazole rings is 1. The van der Waals surface area contributed by atoms with Crippen molar-refractivity contribution in [2.45, 2.75) is 33.4 Å². The van der Waals surface area contributed by atoms with Crippen LogP contribution in [0.25, 0.3) is 16.6 Å². The maximum absolute atomic E-state index is 12.6. The monoisotopic (exact) mass is 582 g/mol. The van der Waals surface area contributed by atoms with E-state index < -0.39 is 21.9 Å². The third kappa shape index (κ3) is 5.44. The highest BCUT2D eigenvalue weighted by molar-refractivity contribution is 9.10. The molecule has 0 amide bonds. The molecule has 0 atom stereocenters. The summed E-state index contributed by atoms with van der Waals surface area (Å²) in [4.78, 5) is 14.8. The normalized spacial score (nSPS) is 18.7. The van der Waals surface area contributed by atoms with Gasteiger partial charge in [-0.1, -0.05) is 0 Å². The summed E-state index contributed by atoms with van der Waals surface area (Å²) >= 11 is 5.29. The van der Waals surface area contributed by atoms with E-state index in [9.17, 15) is 18.3 Å². The third-order valence-corrected chi connectivity index (χ3v) is 8.11. The van der Waals surface area contributed by atoms with Crippen molar-refractivity contribution >= 4 is 66.2 Å². The molecule has 2 aliphatic heterocycles. The van der Waals surface area contributed by atoms with Gasteiger partial charge in [-0.2, -0.15) is 4.40 Å². The SMILES string of the molecule is CCOC(=O)c1cc2c(cc1Br)[n+]1c(n2CC([O-])=NS(C)(=O)=O)C(=CC=C2SCCN2CC)CC1. The zero-order valence-corrected chi connectivity index (χ0v) is 23.0. The molecule has 188 valence electrons. The van der Waals surface area contributed by atoms with Crippen molar-refractivity contribution in [3.63, 3.8) is 0 Å². The summed E-state index contributed by atoms with van der Waals surface area (Å²) in [5, 5.41) is 13.8. The van der Waals surface area contributed by atoms with Crippen molar-refractivity contribution in [2.75, 3.05) is 31.7 Å². The average molecular weight is 584 g/mol. The number of ether oxygens (including phenoxy) is 1. The van der Waals surface area contributed by atoms with Gasteiger partial charge in [-0.3, -0.25) is 0 Å². The first-order valence-corrected chi connectivity index (χ1v) is 14.9. The number of hydrogen-bond donors (Lipinski definition) is 0. The number of allylic oxidation sites excluding steroid dienone is 3. The molecule has 2 aromatic rings. The standard InChI is InChI=1S/C23H27BrN4O5S2/c1-4-26-10-11-34-21(26)7-6-15-8-9-27-19-13-17(24)16(23(30)33-5-2)12-18(19)28(22(15)27)14-20(29)25-35(3,31)32/h6-7,12-13H,4-5,8-11,14H2,1-3H3. The summed E-state index contributed by atoms with van der Waals surface area (Å²) in [6.07, 6.45) is 5.84. The van der Waals surface area contributed by atoms with Gasteiger partial charge < -0.3 is 14.7 Å². The quantitative estimate of drug-likeness (QED) is 0.213. The average Bonchev–Trinajstić information content (AvgIpc) is 3.47. The van der Waals surface area contributed by atoms with Gasteiger partial charge in [-0.25, -0.2) is 22.3 Å². The van der Waals surface area contributed by atoms with E-state index >= 15 is 0 Å². The molecule has 1 aromatic carbocycles. The van der Waals surface area contributed by atoms with Crippen LogP contribution in [-0.2, 0) is 27.8 Å². The van der Waals surface area contributed by atoms with Crippen LogP contribution in [0.4, 0.5) is 0 Å². The molecule has 1 fully saturated rings. The van der Waals surface area contributed by atoms with Crippen molar-refractivity contribution in [1.82, 2.24) is 9.47 Å². The first-order valence-electron chi connectivity index (χ1n) is 11.3. The van der Waals surface area contributed by atoms with Crippen molar-refractivity contribution < 1.29 is 27.6 Å². The Labute approximate surface area is 217 Å². The van der Waals surface area contributed by atoms with Crippen LogP contribution in [-0.4, -0.2) is 61.5 Å². The molecule has 0 spiro atoms. The van der Waals surface area contributed by atoms with E-state index in [0.717, 1.165) is 48.4 Å². The van der Waals surface area contributed by atoms with Gasteiger partial charge in [0, 0.05) is 53.3 Å². The zero-order valence-electron chi connectivity index (χ0n) is 19.8. The summed E-state index contributed by atoms with van der Waals surface area (Å²) in [7, 11) is -3.83. The number of sulfonamides is 1. The number of benzene rings is 1. The lowest BCUT2D eigenvalue weighted by molar-refractivity contribution is -0.664. The fourth-order valence-corrected chi connectivity index (χ4v) is 6.42. The second-order valence-corrected chi connectivity index (χ2v) is 11.8. The summed E-state index contributed by atoms with van der Waals surface area (Å²) in [6.45, 7) is 6.48. The van der Waals surface area contributed by atoms with Crippen molar-refractivity contribution in [2.24, 2.45) is 4.40 Å². The molecule has 0 N–H and O–H groups in total. The van der Waals surface area contributed by atoms with Crippen LogP contribution in [0.3, 0.4) is 0 Å². The zero-order chi connectivity index (χ0) is 25.3. The summed E-state index contributed by atoms with van der Waals surface area (Å²) < 4.78 is 36.2. The van der Waals surface area contributed by atoms with Gasteiger partial charge >= 0.3 is 5.97 Å². The number of rotatable bonds is 7. The molecule has 1 saturated heterocycles. The molecule has 9 nitrogen and oxygen atoms in total. The van der Waals surface area contributed by atoms with E-state index in [1.807, 2.05) is 17.8 Å². The fourth-order valence-electron chi connectivity index (χ4n) is 4.41. The Morgan fingerprint density at radius 1 is 1.34 bits per heavy atom. The number of aryl methyl sites for hydroxylation is 1. The number of hydrogen-bond acceptors (Lipinski definition) is 7. The van der Waals surface area contributed by atoms with E-state index in [1.165, 1.54) is 5.03 Å². The minimum absolute atomic E-state index is 0.232. The number of nitrogens with zero attached hydrogens (tertiary/aromatic N) is 4. The first kappa shape index (κ1) is 25.8. The number of fused-ring (bicyclic) bond motifs is 3. The number of halogens is 1. The lowest BCUT2D eigenvalue weighted by Gasteiger charge is -2.15. The highest BCUT2D eigenvalue weighted by Gasteiger charge is 2.34. The second-order valence-electron chi connectivity index (χ2n) is 8.20. The molecule has 0 aliphatic carbocycles. The van der Waals surface area contributed by atoms with Crippen LogP contribution >= 0.6 is 27.7 Å². The molecule has 12 heteroatoms. The molecule has 0 radical (unpaired) electrons. The van der Waals surface area contributed by atoms with Gasteiger partial charge in [0.15, 0.2) is 11.0 Å². The molecule has 0 bridgehead atoms. The molecule has 2 aliphatic rings. The number of esters is 1. The van der Waals surface area contributed by atoms with Crippen molar-refractivity contribution in [1.29, 1.82) is 0 Å². The largest absolute Gasteiger partial charge is 0.858 e. The Kier molecular flexibility index (Phi) is 7.62. The molecule has 0 saturated carbocycles. The van der Waals surface area contributed by atoms with Gasteiger partial charge in [0.05, 0.1) is 30.0 Å². The van der Waals surface area contributed by atoms with E-state index in [2.05, 4.69) is 48.9 Å². The Bertz CT molecular complexity index is 1380. The predicted molar refractivity (Wildman–Crippen MR) is 138 cm³/mol. The number of carbonyl (C=O) groups is 1. The topological polar surface area (TPSA) is 108 Å². The molecule has 35 heavy (non-hydrogen) atoms. The lowest BCUT2D eigenvalue weighted by Crippen LogP contribution is -2.33. The van der Waals surface area contributed by atoms with Crippen LogP contribution in [0.1, 0.15) is 36.5 Å². The first-order chi connectivity index (χ1) is 16.6. The summed E-state index contributed by atoms with van der Waals surface area (Å²) in [5.41, 5.74) is 2.82. The second kappa shape index (κ2) is 10.4. The summed E-state index contributed by atoms with van der Waals surface area (Å²) in [6, 6.07) is 3.52. The van der Waals surface area contributed by atoms with Gasteiger partial charge in [-0.15, -0.1) is 11.8 Å². The van der Waals surface area contributed by atoms with Crippen molar-refractivity contribution in [3.8, 4) is 0 Å². The van der Waals surface area contributed by atoms with E-state index in [1.54, 1.807) is 17.6 Å². The van der Waals surface area contributed by atoms with E-state index in [0.29, 0.717) is 22.1 Å². The van der Waals surface area contributed by atoms with Gasteiger partial charge in [-0.05, 0) is 41.9 Å². The van der Waals surface area contributed by atoms with Crippen LogP contribution in [0, 0.1) is 0 Å². The van der Waals surface area contributed by atoms with Crippen LogP contribution in [0.5, 0.6) is 0 Å². The van der Waals surface area contributed by atoms with Gasteiger partial charge in [0.25, 0.3) is 5.82 Å². The maximum Gasteiger partial charge on any atom is 0.339 e. The third-order valence-electron chi connectivity index (χ3n) is 5.84. The van der Waals surface area contributed by atoms with Crippen molar-refractivity contribution in [3.05, 3.63) is 45.2 Å². The predicted octanol–water partition coefficient (Wildman–Crippen LogP) is 2.28. The van der Waals surface area contributed by atoms with Gasteiger partial charge in [0.1, 0.15) is 6.54 Å². The molecule has 1 aromatic heterocycles. The molecule has 3 heterocycles. The molecular formula is C23H27BrN4O5S2. The van der Waals surface area contributed by atoms with Crippen LogP contribution in [0.2, 0.25) is 0 Å². The Balaban J connectivity index is 1.89. The minimum atomic E-state index is -3.83. The highest BCUT2D eigenvalue weighted by atomic mass is 79.9. The lowest BCUT2D eigenvalue weighted by atomic mass is 10.1. The minimum Gasteiger partial charge on any atom is -0.858 e. The smallest absolute Gasteiger partial charge is 0.339 e. The van der Waals surface area contributed by atoms with Crippen LogP contribution in [0.15, 0.2) is 38.2 Å². The fraction of sp³-hybridized carbons (Fsp3) is 0.435. The Morgan fingerprint density at radius 3 is 2.80 bits per heavy atom. The molecular weight excluding hydrogens is 556 g/mol. The van der Waals surface area contributed by atoms with E-state index in [4.69, 9.17) is 4.74 Å². The number of thioether (sulfide) groups is 1. The van der Waals surface area contributed by atoms with E-state index in [-0.39, 0.29) is 13.2 Å². The number of carbonyl (C=O) groups excluding carboxylic acids is 1. The highest BCUT2D eigenvalue weighted by Crippen LogP contribution is 2.33. The maximum atomic E-state index is 12.6. The van der Waals surface area contributed by atoms with Crippen LogP contribution < -0.4 is 9.67 Å². The molecule has 0 unspecified atom stereocenters. The van der Waals surface area contributed by atoms with Gasteiger partial charge in [0.2, 0.25) is 10.0 Å². The molecule has 4 rings (SSSR count). The number of aromatic nitrogens is 2. The Hall–Kier alpha value is -2.31. The summed E-state index contributed by atoms with van der Waals surface area (Å²) in [5.74, 6) is 0.592.